The average molecular weight is 519 g/mol. The van der Waals surface area contributed by atoms with Crippen LogP contribution < -0.4 is 0 Å². The topological polar surface area (TPSA) is 272 Å². The molecule has 3 rings (SSSR count). The number of benzene rings is 2. The number of pyridine rings is 1. The first-order valence-corrected chi connectivity index (χ1v) is 9.26. The molecule has 0 fully saturated rings. The van der Waals surface area contributed by atoms with Crippen molar-refractivity contribution in [3.05, 3.63) is 127 Å². The van der Waals surface area contributed by atoms with E-state index in [1.165, 1.54) is 5.56 Å². The zero-order chi connectivity index (χ0) is 28.3. The van der Waals surface area contributed by atoms with Gasteiger partial charge >= 0.3 is 0 Å². The van der Waals surface area contributed by atoms with Crippen molar-refractivity contribution in [1.29, 1.82) is 0 Å². The van der Waals surface area contributed by atoms with Crippen LogP contribution in [-0.4, -0.2) is 34.5 Å². The van der Waals surface area contributed by atoms with Gasteiger partial charge in [0.05, 0.1) is 65.9 Å². The monoisotopic (exact) mass is 519 g/mol. The predicted octanol–water partition coefficient (Wildman–Crippen LogP) is 4.21. The maximum absolute atomic E-state index is 10.3. The lowest BCUT2D eigenvalue weighted by atomic mass is 10.2. The van der Waals surface area contributed by atoms with Crippen LogP contribution in [-0.2, 0) is 0 Å². The fraction of sp³-hybridized carbons (Fsp3) is 0.0556. The Bertz CT molecular complexity index is 1120. The van der Waals surface area contributed by atoms with E-state index in [0.29, 0.717) is 36.4 Å². The first-order chi connectivity index (χ1) is 17.2. The van der Waals surface area contributed by atoms with Crippen LogP contribution in [0.25, 0.3) is 0 Å². The van der Waals surface area contributed by atoms with Gasteiger partial charge in [0.15, 0.2) is 0 Å². The standard InChI is InChI=1S/2C6H3N3O6.C6H7N/c2*10-7(11)4-1-5(8(12)13)3-6(2-4)9(14)15;1-6-2-4-7-5-3-6/h2*1-3H;2-5H,1H3. The second-order valence-electron chi connectivity index (χ2n) is 6.48. The molecule has 37 heavy (non-hydrogen) atoms. The van der Waals surface area contributed by atoms with Crippen LogP contribution in [0.5, 0.6) is 0 Å². The summed E-state index contributed by atoms with van der Waals surface area (Å²) in [5.41, 5.74) is -2.85. The van der Waals surface area contributed by atoms with Crippen molar-refractivity contribution >= 4 is 34.1 Å². The van der Waals surface area contributed by atoms with Crippen molar-refractivity contribution in [2.24, 2.45) is 0 Å². The van der Waals surface area contributed by atoms with Gasteiger partial charge in [-0.25, -0.2) is 0 Å². The molecule has 0 spiro atoms. The molecule has 3 aromatic rings. The quantitative estimate of drug-likeness (QED) is 0.326. The number of nitro benzene ring substituents is 6. The van der Waals surface area contributed by atoms with E-state index in [1.807, 2.05) is 19.1 Å². The van der Waals surface area contributed by atoms with Crippen molar-refractivity contribution in [2.45, 2.75) is 6.92 Å². The Labute approximate surface area is 203 Å². The number of non-ortho nitro benzene ring substituents is 6. The molecule has 192 valence electrons. The van der Waals surface area contributed by atoms with E-state index in [2.05, 4.69) is 4.98 Å². The minimum atomic E-state index is -0.931. The molecule has 0 unspecified atom stereocenters. The first kappa shape index (κ1) is 29.0. The molecule has 2 aromatic carbocycles. The Hall–Kier alpha value is -6.01. The van der Waals surface area contributed by atoms with E-state index < -0.39 is 63.7 Å². The van der Waals surface area contributed by atoms with Gasteiger partial charge in [0.25, 0.3) is 34.1 Å². The Morgan fingerprint density at radius 3 is 0.757 bits per heavy atom. The van der Waals surface area contributed by atoms with E-state index in [9.17, 15) is 60.7 Å². The summed E-state index contributed by atoms with van der Waals surface area (Å²) in [6.07, 6.45) is 3.57. The van der Waals surface area contributed by atoms with E-state index in [1.54, 1.807) is 12.4 Å². The molecule has 0 aliphatic carbocycles. The van der Waals surface area contributed by atoms with Gasteiger partial charge < -0.3 is 0 Å². The molecule has 0 aliphatic rings. The van der Waals surface area contributed by atoms with Crippen molar-refractivity contribution in [3.8, 4) is 0 Å². The van der Waals surface area contributed by atoms with Gasteiger partial charge in [0, 0.05) is 12.4 Å². The second kappa shape index (κ2) is 13.0. The predicted molar refractivity (Wildman–Crippen MR) is 122 cm³/mol. The van der Waals surface area contributed by atoms with Gasteiger partial charge in [0.1, 0.15) is 0 Å². The third-order valence-corrected chi connectivity index (χ3v) is 3.89. The molecular weight excluding hydrogens is 506 g/mol. The van der Waals surface area contributed by atoms with Crippen molar-refractivity contribution in [1.82, 2.24) is 4.98 Å². The van der Waals surface area contributed by atoms with Gasteiger partial charge in [-0.2, -0.15) is 0 Å². The Balaban J connectivity index is 0.000000295. The van der Waals surface area contributed by atoms with Gasteiger partial charge in [-0.05, 0) is 24.6 Å². The number of hydrogen-bond donors (Lipinski definition) is 0. The third kappa shape index (κ3) is 9.40. The molecule has 19 heteroatoms. The third-order valence-electron chi connectivity index (χ3n) is 3.89. The summed E-state index contributed by atoms with van der Waals surface area (Å²) in [6.45, 7) is 2.04. The molecule has 0 atom stereocenters. The highest BCUT2D eigenvalue weighted by Gasteiger charge is 2.22. The van der Waals surface area contributed by atoms with Crippen LogP contribution >= 0.6 is 0 Å². The fourth-order valence-corrected chi connectivity index (χ4v) is 2.22. The van der Waals surface area contributed by atoms with Gasteiger partial charge in [-0.1, -0.05) is 0 Å². The Morgan fingerprint density at radius 1 is 0.459 bits per heavy atom. The smallest absolute Gasteiger partial charge is 0.265 e. The molecule has 0 amide bonds. The SMILES string of the molecule is Cc1ccncc1.O=[N+]([O-])c1cc([N+](=O)[O-])cc([N+](=O)[O-])c1.O=[N+]([O-])c1cc([N+](=O)[O-])cc([N+](=O)[O-])c1. The minimum absolute atomic E-state index is 0.660. The molecule has 0 N–H and O–H groups in total. The van der Waals surface area contributed by atoms with Crippen LogP contribution in [0.4, 0.5) is 34.1 Å². The average Bonchev–Trinajstić information content (AvgIpc) is 2.84. The van der Waals surface area contributed by atoms with Gasteiger partial charge in [-0.15, -0.1) is 0 Å². The molecule has 19 nitrogen and oxygen atoms in total. The summed E-state index contributed by atoms with van der Waals surface area (Å²) in [6, 6.07) is 7.90. The molecule has 0 bridgehead atoms. The summed E-state index contributed by atoms with van der Waals surface area (Å²) in [7, 11) is 0. The number of hydrogen-bond acceptors (Lipinski definition) is 13. The highest BCUT2D eigenvalue weighted by molar-refractivity contribution is 5.53. The van der Waals surface area contributed by atoms with E-state index in [4.69, 9.17) is 0 Å². The summed E-state index contributed by atoms with van der Waals surface area (Å²) >= 11 is 0. The second-order valence-corrected chi connectivity index (χ2v) is 6.48. The van der Waals surface area contributed by atoms with E-state index in [0.717, 1.165) is 0 Å². The maximum Gasteiger partial charge on any atom is 0.283 e. The van der Waals surface area contributed by atoms with Crippen LogP contribution in [0.1, 0.15) is 5.56 Å². The van der Waals surface area contributed by atoms with Crippen LogP contribution in [0.3, 0.4) is 0 Å². The normalized spacial score (nSPS) is 9.43. The molecule has 0 saturated carbocycles. The zero-order valence-corrected chi connectivity index (χ0v) is 18.3. The zero-order valence-electron chi connectivity index (χ0n) is 18.3. The van der Waals surface area contributed by atoms with E-state index >= 15 is 0 Å². The molecule has 0 aliphatic heterocycles. The summed E-state index contributed by atoms with van der Waals surface area (Å²) in [5.74, 6) is 0. The molecular formula is C18H13N7O12. The van der Waals surface area contributed by atoms with Gasteiger partial charge in [0.2, 0.25) is 0 Å². The summed E-state index contributed by atoms with van der Waals surface area (Å²) in [4.78, 5) is 60.1. The largest absolute Gasteiger partial charge is 0.283 e. The number of nitro groups is 6. The summed E-state index contributed by atoms with van der Waals surface area (Å²) < 4.78 is 0. The lowest BCUT2D eigenvalue weighted by molar-refractivity contribution is -0.403. The Kier molecular flexibility index (Phi) is 10.2. The van der Waals surface area contributed by atoms with Gasteiger partial charge in [-0.3, -0.25) is 65.7 Å². The number of nitrogens with zero attached hydrogens (tertiary/aromatic N) is 7. The first-order valence-electron chi connectivity index (χ1n) is 9.26. The highest BCUT2D eigenvalue weighted by atomic mass is 16.6. The molecule has 0 radical (unpaired) electrons. The van der Waals surface area contributed by atoms with E-state index in [-0.39, 0.29) is 0 Å². The molecule has 1 aromatic heterocycles. The lowest BCUT2D eigenvalue weighted by Crippen LogP contribution is -1.96. The number of rotatable bonds is 6. The maximum atomic E-state index is 10.3. The fourth-order valence-electron chi connectivity index (χ4n) is 2.22. The van der Waals surface area contributed by atoms with Crippen LogP contribution in [0, 0.1) is 67.6 Å². The summed E-state index contributed by atoms with van der Waals surface area (Å²) in [5, 5.41) is 61.9. The number of aromatic nitrogens is 1. The Morgan fingerprint density at radius 2 is 0.649 bits per heavy atom. The van der Waals surface area contributed by atoms with Crippen LogP contribution in [0.15, 0.2) is 60.9 Å². The van der Waals surface area contributed by atoms with Crippen molar-refractivity contribution in [2.75, 3.05) is 0 Å². The van der Waals surface area contributed by atoms with Crippen molar-refractivity contribution in [3.63, 3.8) is 0 Å². The lowest BCUT2D eigenvalue weighted by Gasteiger charge is -1.93. The van der Waals surface area contributed by atoms with Crippen LogP contribution in [0.2, 0.25) is 0 Å². The molecule has 1 heterocycles. The highest BCUT2D eigenvalue weighted by Crippen LogP contribution is 2.27. The molecule has 0 saturated heterocycles. The minimum Gasteiger partial charge on any atom is -0.265 e. The van der Waals surface area contributed by atoms with Crippen molar-refractivity contribution < 1.29 is 29.5 Å². The number of aryl methyl sites for hydroxylation is 1.